The number of carbonyl (C=O) groups is 3. The smallest absolute Gasteiger partial charge is 0.251 e. The largest absolute Gasteiger partial charge is 0.373 e. The second-order valence-corrected chi connectivity index (χ2v) is 8.88. The highest BCUT2D eigenvalue weighted by Gasteiger charge is 2.33. The Morgan fingerprint density at radius 2 is 1.87 bits per heavy atom. The second-order valence-electron chi connectivity index (χ2n) is 8.88. The zero-order valence-corrected chi connectivity index (χ0v) is 18.6. The number of rotatable bonds is 7. The van der Waals surface area contributed by atoms with Crippen molar-refractivity contribution in [3.8, 4) is 0 Å². The van der Waals surface area contributed by atoms with Gasteiger partial charge in [-0.05, 0) is 36.6 Å². The van der Waals surface area contributed by atoms with Gasteiger partial charge in [-0.1, -0.05) is 20.8 Å². The molecule has 1 aromatic rings. The first-order valence-corrected chi connectivity index (χ1v) is 11.1. The van der Waals surface area contributed by atoms with E-state index < -0.39 is 12.1 Å². The van der Waals surface area contributed by atoms with E-state index in [1.165, 1.54) is 0 Å². The highest BCUT2D eigenvalue weighted by molar-refractivity contribution is 5.99. The van der Waals surface area contributed by atoms with E-state index in [4.69, 9.17) is 4.74 Å². The fraction of sp³-hybridized carbons (Fsp3) is 0.609. The van der Waals surface area contributed by atoms with Crippen molar-refractivity contribution in [2.75, 3.05) is 44.3 Å². The van der Waals surface area contributed by atoms with Crippen molar-refractivity contribution in [2.24, 2.45) is 11.8 Å². The normalized spacial score (nSPS) is 22.8. The third kappa shape index (κ3) is 6.27. The first-order valence-electron chi connectivity index (χ1n) is 11.1. The highest BCUT2D eigenvalue weighted by Crippen LogP contribution is 2.17. The summed E-state index contributed by atoms with van der Waals surface area (Å²) >= 11 is 0. The molecule has 0 spiro atoms. The van der Waals surface area contributed by atoms with Gasteiger partial charge in [0, 0.05) is 43.3 Å². The third-order valence-corrected chi connectivity index (χ3v) is 5.78. The number of amides is 2. The molecule has 2 saturated heterocycles. The summed E-state index contributed by atoms with van der Waals surface area (Å²) in [5, 5.41) is 9.03. The lowest BCUT2D eigenvalue weighted by Crippen LogP contribution is -2.56. The molecule has 31 heavy (non-hydrogen) atoms. The average Bonchev–Trinajstić information content (AvgIpc) is 2.76. The predicted octanol–water partition coefficient (Wildman–Crippen LogP) is 0.961. The number of ketones is 1. The number of piperazine rings is 1. The van der Waals surface area contributed by atoms with E-state index in [0.29, 0.717) is 18.6 Å². The van der Waals surface area contributed by atoms with E-state index in [1.54, 1.807) is 12.1 Å². The molecular weight excluding hydrogens is 396 g/mol. The van der Waals surface area contributed by atoms with E-state index in [9.17, 15) is 14.4 Å². The molecule has 1 aromatic carbocycles. The summed E-state index contributed by atoms with van der Waals surface area (Å²) in [7, 11) is 0. The van der Waals surface area contributed by atoms with E-state index in [0.717, 1.165) is 31.9 Å². The molecule has 0 saturated carbocycles. The molecule has 8 heteroatoms. The van der Waals surface area contributed by atoms with Crippen LogP contribution in [0.15, 0.2) is 24.3 Å². The molecular formula is C23H34N4O4. The van der Waals surface area contributed by atoms with Crippen LogP contribution >= 0.6 is 0 Å². The molecule has 2 aliphatic rings. The Morgan fingerprint density at radius 3 is 2.48 bits per heavy atom. The van der Waals surface area contributed by atoms with Gasteiger partial charge in [0.15, 0.2) is 5.78 Å². The summed E-state index contributed by atoms with van der Waals surface area (Å²) in [5.74, 6) is -0.650. The van der Waals surface area contributed by atoms with E-state index in [2.05, 4.69) is 20.9 Å². The number of anilines is 1. The van der Waals surface area contributed by atoms with Crippen LogP contribution in [-0.2, 0) is 14.3 Å². The fourth-order valence-electron chi connectivity index (χ4n) is 4.02. The number of ether oxygens (including phenoxy) is 1. The number of hydrogen-bond acceptors (Lipinski definition) is 6. The molecule has 3 rings (SSSR count). The number of carbonyl (C=O) groups excluding carboxylic acids is 3. The zero-order valence-electron chi connectivity index (χ0n) is 18.6. The van der Waals surface area contributed by atoms with Crippen LogP contribution in [0, 0.1) is 11.8 Å². The summed E-state index contributed by atoms with van der Waals surface area (Å²) in [4.78, 5) is 40.2. The van der Waals surface area contributed by atoms with Gasteiger partial charge in [-0.25, -0.2) is 0 Å². The highest BCUT2D eigenvalue weighted by atomic mass is 16.5. The number of Topliss-reactive ketones (excluding diaryl/α,β-unsaturated/α-hetero) is 1. The van der Waals surface area contributed by atoms with Gasteiger partial charge >= 0.3 is 0 Å². The third-order valence-electron chi connectivity index (χ3n) is 5.78. The minimum absolute atomic E-state index is 0.00984. The Labute approximate surface area is 184 Å². The first kappa shape index (κ1) is 23.2. The Kier molecular flexibility index (Phi) is 8.03. The maximum atomic E-state index is 12.9. The lowest BCUT2D eigenvalue weighted by Gasteiger charge is -2.30. The number of nitrogens with one attached hydrogen (secondary N) is 3. The van der Waals surface area contributed by atoms with Crippen molar-refractivity contribution in [3.05, 3.63) is 29.8 Å². The Bertz CT molecular complexity index is 774. The number of nitrogens with zero attached hydrogens (tertiary/aromatic N) is 1. The Hall–Kier alpha value is -2.45. The molecule has 2 fully saturated rings. The number of benzene rings is 1. The molecule has 170 valence electrons. The van der Waals surface area contributed by atoms with E-state index in [-0.39, 0.29) is 36.0 Å². The molecule has 2 aliphatic heterocycles. The minimum Gasteiger partial charge on any atom is -0.373 e. The summed E-state index contributed by atoms with van der Waals surface area (Å²) < 4.78 is 5.23. The van der Waals surface area contributed by atoms with Crippen LogP contribution in [0.2, 0.25) is 0 Å². The van der Waals surface area contributed by atoms with Crippen LogP contribution in [-0.4, -0.2) is 69.1 Å². The summed E-state index contributed by atoms with van der Waals surface area (Å²) in [6, 6.07) is 6.19. The number of hydrogen-bond donors (Lipinski definition) is 3. The van der Waals surface area contributed by atoms with Crippen LogP contribution < -0.4 is 20.9 Å². The standard InChI is InChI=1S/C23H34N4O4/c1-15(2)12-19(23(30)26-21-16(3)13-31-14-20(21)28)25-22(29)17-4-6-18(7-5-17)27-10-8-24-9-11-27/h4-7,15-16,19,21,24H,8-14H2,1-3H3,(H,25,29)(H,26,30)/t16-,19?,21+/m1/s1. The molecule has 2 amide bonds. The molecule has 3 N–H and O–H groups in total. The van der Waals surface area contributed by atoms with Crippen molar-refractivity contribution in [1.82, 2.24) is 16.0 Å². The average molecular weight is 431 g/mol. The summed E-state index contributed by atoms with van der Waals surface area (Å²) in [6.07, 6.45) is 0.488. The van der Waals surface area contributed by atoms with Crippen molar-refractivity contribution in [1.29, 1.82) is 0 Å². The minimum atomic E-state index is -0.705. The van der Waals surface area contributed by atoms with Gasteiger partial charge in [0.05, 0.1) is 12.6 Å². The van der Waals surface area contributed by atoms with E-state index >= 15 is 0 Å². The van der Waals surface area contributed by atoms with Crippen molar-refractivity contribution >= 4 is 23.3 Å². The van der Waals surface area contributed by atoms with Crippen LogP contribution in [0.3, 0.4) is 0 Å². The van der Waals surface area contributed by atoms with Gasteiger partial charge in [0.25, 0.3) is 5.91 Å². The zero-order chi connectivity index (χ0) is 22.4. The maximum Gasteiger partial charge on any atom is 0.251 e. The van der Waals surface area contributed by atoms with Crippen molar-refractivity contribution in [3.63, 3.8) is 0 Å². The predicted molar refractivity (Wildman–Crippen MR) is 119 cm³/mol. The Balaban J connectivity index is 1.64. The summed E-state index contributed by atoms with van der Waals surface area (Å²) in [6.45, 7) is 10.1. The Morgan fingerprint density at radius 1 is 1.19 bits per heavy atom. The van der Waals surface area contributed by atoms with Crippen LogP contribution in [0.25, 0.3) is 0 Å². The van der Waals surface area contributed by atoms with Gasteiger partial charge in [0.1, 0.15) is 12.6 Å². The van der Waals surface area contributed by atoms with Gasteiger partial charge in [-0.15, -0.1) is 0 Å². The van der Waals surface area contributed by atoms with Gasteiger partial charge in [-0.3, -0.25) is 14.4 Å². The van der Waals surface area contributed by atoms with Gasteiger partial charge < -0.3 is 25.6 Å². The first-order chi connectivity index (χ1) is 14.8. The van der Waals surface area contributed by atoms with Crippen molar-refractivity contribution in [2.45, 2.75) is 39.3 Å². The molecule has 0 radical (unpaired) electrons. The molecule has 1 unspecified atom stereocenters. The quantitative estimate of drug-likeness (QED) is 0.596. The molecule has 2 heterocycles. The van der Waals surface area contributed by atoms with Crippen LogP contribution in [0.1, 0.15) is 37.6 Å². The summed E-state index contributed by atoms with van der Waals surface area (Å²) in [5.41, 5.74) is 1.59. The molecule has 8 nitrogen and oxygen atoms in total. The molecule has 0 bridgehead atoms. The fourth-order valence-corrected chi connectivity index (χ4v) is 4.02. The molecule has 3 atom stereocenters. The lowest BCUT2D eigenvalue weighted by molar-refractivity contribution is -0.137. The van der Waals surface area contributed by atoms with Crippen LogP contribution in [0.5, 0.6) is 0 Å². The molecule has 0 aromatic heterocycles. The van der Waals surface area contributed by atoms with E-state index in [1.807, 2.05) is 32.9 Å². The lowest BCUT2D eigenvalue weighted by atomic mass is 9.95. The second kappa shape index (κ2) is 10.7. The van der Waals surface area contributed by atoms with Crippen molar-refractivity contribution < 1.29 is 19.1 Å². The monoisotopic (exact) mass is 430 g/mol. The van der Waals surface area contributed by atoms with Crippen LogP contribution in [0.4, 0.5) is 5.69 Å². The van der Waals surface area contributed by atoms with Gasteiger partial charge in [-0.2, -0.15) is 0 Å². The SMILES string of the molecule is CC(C)CC(NC(=O)c1ccc(N2CCNCC2)cc1)C(=O)N[C@@H]1C(=O)COC[C@H]1C. The molecule has 0 aliphatic carbocycles. The topological polar surface area (TPSA) is 99.8 Å². The van der Waals surface area contributed by atoms with Gasteiger partial charge in [0.2, 0.25) is 5.91 Å². The maximum absolute atomic E-state index is 12.9.